The Balaban J connectivity index is 1.24. The van der Waals surface area contributed by atoms with E-state index in [0.29, 0.717) is 11.8 Å². The lowest BCUT2D eigenvalue weighted by Crippen LogP contribution is -2.28. The van der Waals surface area contributed by atoms with Crippen molar-refractivity contribution in [3.05, 3.63) is 52.0 Å². The number of thioether (sulfide) groups is 1. The van der Waals surface area contributed by atoms with Gasteiger partial charge in [0.05, 0.1) is 11.8 Å². The van der Waals surface area contributed by atoms with Crippen molar-refractivity contribution in [1.82, 2.24) is 20.1 Å². The van der Waals surface area contributed by atoms with Crippen LogP contribution in [0.25, 0.3) is 0 Å². The first-order valence-electron chi connectivity index (χ1n) is 11.5. The standard InChI is InChI=1S/C24H28N4O3S2/c1-16(17-9-10-20-21(12-17)31-15-30-20)25-23(29)14-33-24-27-26-22(13-19-8-5-11-32-19)28(24)18-6-3-2-4-7-18/h5,8-12,16,18H,2-4,6-7,13-15H2,1H3,(H,25,29)/t16-/m1/s1. The Morgan fingerprint density at radius 1 is 1.21 bits per heavy atom. The molecule has 3 heterocycles. The fourth-order valence-electron chi connectivity index (χ4n) is 4.48. The molecule has 9 heteroatoms. The SMILES string of the molecule is C[C@@H](NC(=O)CSc1nnc(Cc2cccs2)n1C1CCCCC1)c1ccc2c(c1)OCO2. The summed E-state index contributed by atoms with van der Waals surface area (Å²) in [5.41, 5.74) is 0.987. The third kappa shape index (κ3) is 5.19. The highest BCUT2D eigenvalue weighted by Gasteiger charge is 2.24. The van der Waals surface area contributed by atoms with Gasteiger partial charge in [-0.05, 0) is 48.9 Å². The van der Waals surface area contributed by atoms with Gasteiger partial charge < -0.3 is 19.4 Å². The molecule has 1 amide bonds. The number of fused-ring (bicyclic) bond motifs is 1. The zero-order valence-corrected chi connectivity index (χ0v) is 20.3. The summed E-state index contributed by atoms with van der Waals surface area (Å²) >= 11 is 3.22. The number of nitrogens with one attached hydrogen (secondary N) is 1. The fraction of sp³-hybridized carbons (Fsp3) is 0.458. The summed E-state index contributed by atoms with van der Waals surface area (Å²) in [5, 5.41) is 15.0. The zero-order valence-electron chi connectivity index (χ0n) is 18.7. The Bertz CT molecular complexity index is 1090. The first-order valence-corrected chi connectivity index (χ1v) is 13.3. The van der Waals surface area contributed by atoms with E-state index in [1.165, 1.54) is 35.9 Å². The lowest BCUT2D eigenvalue weighted by Gasteiger charge is -2.25. The van der Waals surface area contributed by atoms with Crippen molar-refractivity contribution in [2.75, 3.05) is 12.5 Å². The maximum Gasteiger partial charge on any atom is 0.231 e. The number of carbonyl (C=O) groups is 1. The molecule has 1 aliphatic carbocycles. The summed E-state index contributed by atoms with van der Waals surface area (Å²) in [4.78, 5) is 14.0. The van der Waals surface area contributed by atoms with Crippen LogP contribution in [0, 0.1) is 0 Å². The second kappa shape index (κ2) is 10.2. The van der Waals surface area contributed by atoms with Crippen LogP contribution in [0.2, 0.25) is 0 Å². The number of carbonyl (C=O) groups excluding carboxylic acids is 1. The highest BCUT2D eigenvalue weighted by Crippen LogP contribution is 2.35. The third-order valence-electron chi connectivity index (χ3n) is 6.19. The lowest BCUT2D eigenvalue weighted by molar-refractivity contribution is -0.119. The van der Waals surface area contributed by atoms with Gasteiger partial charge in [0, 0.05) is 17.3 Å². The van der Waals surface area contributed by atoms with Crippen LogP contribution in [0.3, 0.4) is 0 Å². The quantitative estimate of drug-likeness (QED) is 0.447. The summed E-state index contributed by atoms with van der Waals surface area (Å²) in [5.74, 6) is 2.75. The number of amides is 1. The number of ether oxygens (including phenoxy) is 2. The number of benzene rings is 1. The van der Waals surface area contributed by atoms with E-state index in [1.807, 2.05) is 25.1 Å². The first kappa shape index (κ1) is 22.3. The van der Waals surface area contributed by atoms with E-state index in [2.05, 4.69) is 37.6 Å². The molecule has 33 heavy (non-hydrogen) atoms. The molecule has 3 aromatic rings. The van der Waals surface area contributed by atoms with Gasteiger partial charge in [-0.1, -0.05) is 43.2 Å². The maximum absolute atomic E-state index is 12.7. The molecule has 0 spiro atoms. The normalized spacial score (nSPS) is 16.6. The summed E-state index contributed by atoms with van der Waals surface area (Å²) in [6, 6.07) is 10.3. The highest BCUT2D eigenvalue weighted by molar-refractivity contribution is 7.99. The van der Waals surface area contributed by atoms with Crippen molar-refractivity contribution in [1.29, 1.82) is 0 Å². The van der Waals surface area contributed by atoms with Gasteiger partial charge >= 0.3 is 0 Å². The van der Waals surface area contributed by atoms with Crippen LogP contribution in [0.15, 0.2) is 40.9 Å². The molecule has 1 aliphatic heterocycles. The molecule has 1 aromatic carbocycles. The minimum absolute atomic E-state index is 0.0248. The zero-order chi connectivity index (χ0) is 22.6. The van der Waals surface area contributed by atoms with Gasteiger partial charge in [-0.25, -0.2) is 0 Å². The Labute approximate surface area is 201 Å². The van der Waals surface area contributed by atoms with Gasteiger partial charge in [0.2, 0.25) is 12.7 Å². The number of rotatable bonds is 8. The van der Waals surface area contributed by atoms with Crippen molar-refractivity contribution in [3.63, 3.8) is 0 Å². The predicted molar refractivity (Wildman–Crippen MR) is 129 cm³/mol. The largest absolute Gasteiger partial charge is 0.454 e. The van der Waals surface area contributed by atoms with Crippen LogP contribution < -0.4 is 14.8 Å². The van der Waals surface area contributed by atoms with E-state index >= 15 is 0 Å². The molecule has 2 aromatic heterocycles. The summed E-state index contributed by atoms with van der Waals surface area (Å²) in [7, 11) is 0. The van der Waals surface area contributed by atoms with Crippen LogP contribution in [-0.4, -0.2) is 33.2 Å². The number of thiophene rings is 1. The topological polar surface area (TPSA) is 78.3 Å². The number of nitrogens with zero attached hydrogens (tertiary/aromatic N) is 3. The Morgan fingerprint density at radius 2 is 2.06 bits per heavy atom. The van der Waals surface area contributed by atoms with Crippen molar-refractivity contribution in [2.45, 2.75) is 62.7 Å². The molecule has 1 fully saturated rings. The van der Waals surface area contributed by atoms with Crippen LogP contribution in [0.4, 0.5) is 0 Å². The van der Waals surface area contributed by atoms with E-state index in [9.17, 15) is 4.79 Å². The number of aromatic nitrogens is 3. The molecule has 0 unspecified atom stereocenters. The van der Waals surface area contributed by atoms with Gasteiger partial charge in [0.25, 0.3) is 0 Å². The molecule has 5 rings (SSSR count). The summed E-state index contributed by atoms with van der Waals surface area (Å²) in [6.07, 6.45) is 6.85. The van der Waals surface area contributed by atoms with Crippen molar-refractivity contribution < 1.29 is 14.3 Å². The van der Waals surface area contributed by atoms with Gasteiger partial charge in [-0.3, -0.25) is 4.79 Å². The monoisotopic (exact) mass is 484 g/mol. The summed E-state index contributed by atoms with van der Waals surface area (Å²) in [6.45, 7) is 2.22. The fourth-order valence-corrected chi connectivity index (χ4v) is 6.02. The third-order valence-corrected chi connectivity index (χ3v) is 8.01. The molecule has 0 saturated heterocycles. The second-order valence-electron chi connectivity index (χ2n) is 8.51. The number of hydrogen-bond acceptors (Lipinski definition) is 7. The smallest absolute Gasteiger partial charge is 0.231 e. The van der Waals surface area contributed by atoms with Gasteiger partial charge in [0.1, 0.15) is 5.82 Å². The van der Waals surface area contributed by atoms with Crippen LogP contribution in [0.5, 0.6) is 11.5 Å². The Morgan fingerprint density at radius 3 is 2.88 bits per heavy atom. The molecule has 2 aliphatic rings. The minimum atomic E-state index is -0.127. The molecule has 7 nitrogen and oxygen atoms in total. The molecule has 1 saturated carbocycles. The van der Waals surface area contributed by atoms with Crippen LogP contribution >= 0.6 is 23.1 Å². The van der Waals surface area contributed by atoms with Crippen molar-refractivity contribution in [2.24, 2.45) is 0 Å². The van der Waals surface area contributed by atoms with E-state index < -0.39 is 0 Å². The molecule has 1 atom stereocenters. The first-order chi connectivity index (χ1) is 16.2. The molecular formula is C24H28N4O3S2. The second-order valence-corrected chi connectivity index (χ2v) is 10.5. The average Bonchev–Trinajstić information content (AvgIpc) is 3.59. The number of hydrogen-bond donors (Lipinski definition) is 1. The van der Waals surface area contributed by atoms with Gasteiger partial charge in [-0.15, -0.1) is 21.5 Å². The van der Waals surface area contributed by atoms with Crippen molar-refractivity contribution in [3.8, 4) is 11.5 Å². The predicted octanol–water partition coefficient (Wildman–Crippen LogP) is 5.13. The maximum atomic E-state index is 12.7. The minimum Gasteiger partial charge on any atom is -0.454 e. The van der Waals surface area contributed by atoms with E-state index in [-0.39, 0.29) is 18.7 Å². The summed E-state index contributed by atoms with van der Waals surface area (Å²) < 4.78 is 13.1. The molecule has 174 valence electrons. The molecule has 0 bridgehead atoms. The van der Waals surface area contributed by atoms with E-state index in [1.54, 1.807) is 11.3 Å². The molecule has 1 N–H and O–H groups in total. The lowest BCUT2D eigenvalue weighted by atomic mass is 9.95. The van der Waals surface area contributed by atoms with E-state index in [0.717, 1.165) is 47.3 Å². The van der Waals surface area contributed by atoms with Crippen LogP contribution in [-0.2, 0) is 11.2 Å². The Hall–Kier alpha value is -2.52. The van der Waals surface area contributed by atoms with Crippen molar-refractivity contribution >= 4 is 29.0 Å². The Kier molecular flexibility index (Phi) is 6.87. The highest BCUT2D eigenvalue weighted by atomic mass is 32.2. The van der Waals surface area contributed by atoms with Gasteiger partial charge in [-0.2, -0.15) is 0 Å². The molecule has 0 radical (unpaired) electrons. The van der Waals surface area contributed by atoms with Gasteiger partial charge in [0.15, 0.2) is 16.7 Å². The molecular weight excluding hydrogens is 456 g/mol. The van der Waals surface area contributed by atoms with E-state index in [4.69, 9.17) is 9.47 Å². The average molecular weight is 485 g/mol. The van der Waals surface area contributed by atoms with Crippen LogP contribution in [0.1, 0.15) is 67.4 Å².